The molecule has 0 aromatic rings. The maximum absolute atomic E-state index is 3.35. The van der Waals surface area contributed by atoms with Crippen molar-refractivity contribution >= 4 is 0 Å². The van der Waals surface area contributed by atoms with E-state index in [0.717, 1.165) is 6.54 Å². The molecule has 1 nitrogen and oxygen atoms in total. The third-order valence-electron chi connectivity index (χ3n) is 1.33. The Morgan fingerprint density at radius 3 is 2.44 bits per heavy atom. The fraction of sp³-hybridized carbons (Fsp3) is 0.750. The van der Waals surface area contributed by atoms with Crippen LogP contribution in [0.15, 0.2) is 12.2 Å². The average Bonchev–Trinajstić information content (AvgIpc) is 1.88. The minimum absolute atomic E-state index is 0.583. The smallest absolute Gasteiger partial charge is 0.0247 e. The highest BCUT2D eigenvalue weighted by molar-refractivity contribution is 4.89. The molecule has 0 bridgehead atoms. The molecule has 0 fully saturated rings. The summed E-state index contributed by atoms with van der Waals surface area (Å²) in [5, 5.41) is 3.35. The molecule has 0 heterocycles. The predicted molar refractivity (Wildman–Crippen MR) is 42.6 cm³/mol. The van der Waals surface area contributed by atoms with Crippen molar-refractivity contribution in [3.05, 3.63) is 12.2 Å². The molecule has 54 valence electrons. The van der Waals surface area contributed by atoms with E-state index in [2.05, 4.69) is 38.2 Å². The van der Waals surface area contributed by atoms with Gasteiger partial charge in [0.2, 0.25) is 0 Å². The molecule has 0 aromatic carbocycles. The second kappa shape index (κ2) is 5.83. The molecular formula is C8H17N. The van der Waals surface area contributed by atoms with Gasteiger partial charge in [-0.15, -0.1) is 0 Å². The molecule has 0 aliphatic carbocycles. The van der Waals surface area contributed by atoms with E-state index in [0.29, 0.717) is 6.04 Å². The molecule has 0 saturated carbocycles. The highest BCUT2D eigenvalue weighted by Crippen LogP contribution is 1.91. The van der Waals surface area contributed by atoms with E-state index >= 15 is 0 Å². The first-order chi connectivity index (χ1) is 4.35. The summed E-state index contributed by atoms with van der Waals surface area (Å²) < 4.78 is 0. The van der Waals surface area contributed by atoms with Gasteiger partial charge < -0.3 is 5.32 Å². The van der Waals surface area contributed by atoms with Gasteiger partial charge in [-0.1, -0.05) is 26.0 Å². The quantitative estimate of drug-likeness (QED) is 0.569. The summed E-state index contributed by atoms with van der Waals surface area (Å²) in [5.41, 5.74) is 0. The van der Waals surface area contributed by atoms with Crippen molar-refractivity contribution in [1.82, 2.24) is 5.32 Å². The van der Waals surface area contributed by atoms with E-state index in [1.807, 2.05) is 0 Å². The Bertz CT molecular complexity index is 76.6. The molecule has 0 aliphatic rings. The molecule has 0 saturated heterocycles. The van der Waals surface area contributed by atoms with Crippen molar-refractivity contribution in [1.29, 1.82) is 0 Å². The first-order valence-corrected chi connectivity index (χ1v) is 3.71. The Morgan fingerprint density at radius 1 is 1.44 bits per heavy atom. The average molecular weight is 127 g/mol. The largest absolute Gasteiger partial charge is 0.311 e. The van der Waals surface area contributed by atoms with Crippen LogP contribution in [0, 0.1) is 0 Å². The van der Waals surface area contributed by atoms with E-state index in [1.54, 1.807) is 0 Å². The number of allylic oxidation sites excluding steroid dienone is 1. The minimum atomic E-state index is 0.583. The zero-order valence-electron chi connectivity index (χ0n) is 6.65. The summed E-state index contributed by atoms with van der Waals surface area (Å²) in [4.78, 5) is 0. The van der Waals surface area contributed by atoms with Crippen LogP contribution >= 0.6 is 0 Å². The van der Waals surface area contributed by atoms with Crippen LogP contribution in [0.3, 0.4) is 0 Å². The van der Waals surface area contributed by atoms with E-state index in [4.69, 9.17) is 0 Å². The van der Waals surface area contributed by atoms with E-state index in [9.17, 15) is 0 Å². The topological polar surface area (TPSA) is 12.0 Å². The predicted octanol–water partition coefficient (Wildman–Crippen LogP) is 1.95. The molecule has 0 aromatic heterocycles. The van der Waals surface area contributed by atoms with Crippen LogP contribution in [0.2, 0.25) is 0 Å². The summed E-state index contributed by atoms with van der Waals surface area (Å²) in [6, 6.07) is 0.583. The zero-order chi connectivity index (χ0) is 7.11. The van der Waals surface area contributed by atoms with Crippen LogP contribution in [0.4, 0.5) is 0 Å². The highest BCUT2D eigenvalue weighted by Gasteiger charge is 1.94. The van der Waals surface area contributed by atoms with E-state index in [-0.39, 0.29) is 0 Å². The van der Waals surface area contributed by atoms with Gasteiger partial charge in [-0.05, 0) is 19.9 Å². The molecule has 0 radical (unpaired) electrons. The molecule has 0 spiro atoms. The summed E-state index contributed by atoms with van der Waals surface area (Å²) in [7, 11) is 0. The van der Waals surface area contributed by atoms with E-state index < -0.39 is 0 Å². The molecule has 1 heteroatoms. The number of rotatable bonds is 4. The molecule has 9 heavy (non-hydrogen) atoms. The van der Waals surface area contributed by atoms with Crippen LogP contribution in [0.1, 0.15) is 27.2 Å². The monoisotopic (exact) mass is 127 g/mol. The van der Waals surface area contributed by atoms with Gasteiger partial charge in [-0.2, -0.15) is 0 Å². The first-order valence-electron chi connectivity index (χ1n) is 3.71. The summed E-state index contributed by atoms with van der Waals surface area (Å²) >= 11 is 0. The number of hydrogen-bond donors (Lipinski definition) is 1. The molecule has 1 N–H and O–H groups in total. The Balaban J connectivity index is 3.41. The lowest BCUT2D eigenvalue weighted by molar-refractivity contribution is 0.599. The summed E-state index contributed by atoms with van der Waals surface area (Å²) in [6.45, 7) is 7.43. The lowest BCUT2D eigenvalue weighted by atomic mass is 10.2. The van der Waals surface area contributed by atoms with Gasteiger partial charge in [0.25, 0.3) is 0 Å². The SMILES string of the molecule is C/C=C/C(CC)NCC. The molecule has 1 unspecified atom stereocenters. The normalized spacial score (nSPS) is 14.6. The van der Waals surface area contributed by atoms with Gasteiger partial charge in [-0.3, -0.25) is 0 Å². The Labute approximate surface area is 58.2 Å². The van der Waals surface area contributed by atoms with Crippen molar-refractivity contribution in [2.75, 3.05) is 6.54 Å². The lowest BCUT2D eigenvalue weighted by Gasteiger charge is -2.09. The van der Waals surface area contributed by atoms with Crippen molar-refractivity contribution in [2.24, 2.45) is 0 Å². The summed E-state index contributed by atoms with van der Waals surface area (Å²) in [5.74, 6) is 0. The third-order valence-corrected chi connectivity index (χ3v) is 1.33. The molecule has 1 atom stereocenters. The van der Waals surface area contributed by atoms with Crippen LogP contribution < -0.4 is 5.32 Å². The van der Waals surface area contributed by atoms with Gasteiger partial charge in [0, 0.05) is 6.04 Å². The van der Waals surface area contributed by atoms with Gasteiger partial charge in [-0.25, -0.2) is 0 Å². The van der Waals surface area contributed by atoms with Gasteiger partial charge in [0.05, 0.1) is 0 Å². The molecular weight excluding hydrogens is 110 g/mol. The summed E-state index contributed by atoms with van der Waals surface area (Å²) in [6.07, 6.45) is 5.47. The zero-order valence-corrected chi connectivity index (χ0v) is 6.65. The minimum Gasteiger partial charge on any atom is -0.311 e. The Hall–Kier alpha value is -0.300. The second-order valence-corrected chi connectivity index (χ2v) is 2.10. The van der Waals surface area contributed by atoms with Crippen LogP contribution in [-0.2, 0) is 0 Å². The molecule has 0 rings (SSSR count). The number of likely N-dealkylation sites (N-methyl/N-ethyl adjacent to an activating group) is 1. The maximum Gasteiger partial charge on any atom is 0.0247 e. The number of nitrogens with one attached hydrogen (secondary N) is 1. The second-order valence-electron chi connectivity index (χ2n) is 2.10. The fourth-order valence-electron chi connectivity index (χ4n) is 0.843. The van der Waals surface area contributed by atoms with Crippen LogP contribution in [0.25, 0.3) is 0 Å². The third kappa shape index (κ3) is 4.22. The lowest BCUT2D eigenvalue weighted by Crippen LogP contribution is -2.25. The Kier molecular flexibility index (Phi) is 5.64. The van der Waals surface area contributed by atoms with Crippen LogP contribution in [-0.4, -0.2) is 12.6 Å². The maximum atomic E-state index is 3.35. The van der Waals surface area contributed by atoms with Crippen molar-refractivity contribution in [2.45, 2.75) is 33.2 Å². The standard InChI is InChI=1S/C8H17N/c1-4-7-8(5-2)9-6-3/h4,7-9H,5-6H2,1-3H3/b7-4+. The van der Waals surface area contributed by atoms with Crippen molar-refractivity contribution in [3.8, 4) is 0 Å². The highest BCUT2D eigenvalue weighted by atomic mass is 14.9. The first kappa shape index (κ1) is 8.70. The number of hydrogen-bond acceptors (Lipinski definition) is 1. The van der Waals surface area contributed by atoms with E-state index in [1.165, 1.54) is 6.42 Å². The van der Waals surface area contributed by atoms with Crippen LogP contribution in [0.5, 0.6) is 0 Å². The molecule has 0 amide bonds. The van der Waals surface area contributed by atoms with Gasteiger partial charge in [0.1, 0.15) is 0 Å². The molecule has 0 aliphatic heterocycles. The van der Waals surface area contributed by atoms with Gasteiger partial charge in [0.15, 0.2) is 0 Å². The van der Waals surface area contributed by atoms with Gasteiger partial charge >= 0.3 is 0 Å². The Morgan fingerprint density at radius 2 is 2.11 bits per heavy atom. The van der Waals surface area contributed by atoms with Crippen molar-refractivity contribution < 1.29 is 0 Å². The fourth-order valence-corrected chi connectivity index (χ4v) is 0.843. The van der Waals surface area contributed by atoms with Crippen molar-refractivity contribution in [3.63, 3.8) is 0 Å².